The Balaban J connectivity index is 1.94. The number of anilines is 1. The predicted molar refractivity (Wildman–Crippen MR) is 158 cm³/mol. The third-order valence-corrected chi connectivity index (χ3v) is 6.18. The second-order valence-electron chi connectivity index (χ2n) is 8.07. The van der Waals surface area contributed by atoms with E-state index >= 15 is 0 Å². The molecule has 0 saturated carbocycles. The van der Waals surface area contributed by atoms with Crippen LogP contribution in [0.4, 0.5) is 15.7 Å². The SMILES string of the molecule is CCOC(=O)c1c(/N=C/C=C/c2ccccc2)sc(/N=C/C=C/c2ccc(N(C)C)cc2)c1C(=O)OCC. The summed E-state index contributed by atoms with van der Waals surface area (Å²) in [6, 6.07) is 17.8. The Morgan fingerprint density at radius 2 is 1.24 bits per heavy atom. The summed E-state index contributed by atoms with van der Waals surface area (Å²) in [7, 11) is 3.98. The summed E-state index contributed by atoms with van der Waals surface area (Å²) in [6.45, 7) is 3.72. The standard InChI is InChI=1S/C30H31N3O4S/c1-5-36-29(34)25-26(30(35)37-6-2)28(32-21-11-15-23-16-18-24(19-17-23)33(3)4)38-27(25)31-20-10-14-22-12-8-7-9-13-22/h7-21H,5-6H2,1-4H3/b14-10+,15-11+,31-20+,32-21+. The maximum absolute atomic E-state index is 12.9. The first-order valence-electron chi connectivity index (χ1n) is 12.2. The zero-order chi connectivity index (χ0) is 27.3. The molecule has 1 heterocycles. The molecule has 0 spiro atoms. The fraction of sp³-hybridized carbons (Fsp3) is 0.200. The van der Waals surface area contributed by atoms with Gasteiger partial charge in [-0.1, -0.05) is 66.0 Å². The van der Waals surface area contributed by atoms with Gasteiger partial charge in [-0.05, 0) is 49.3 Å². The number of esters is 2. The summed E-state index contributed by atoms with van der Waals surface area (Å²) < 4.78 is 10.5. The molecule has 0 unspecified atom stereocenters. The van der Waals surface area contributed by atoms with Crippen LogP contribution >= 0.6 is 11.3 Å². The van der Waals surface area contributed by atoms with Gasteiger partial charge in [-0.2, -0.15) is 0 Å². The van der Waals surface area contributed by atoms with E-state index in [0.717, 1.165) is 28.2 Å². The number of thiophene rings is 1. The number of hydrogen-bond donors (Lipinski definition) is 0. The van der Waals surface area contributed by atoms with E-state index in [9.17, 15) is 9.59 Å². The van der Waals surface area contributed by atoms with E-state index in [1.807, 2.05) is 85.7 Å². The minimum absolute atomic E-state index is 0.0504. The average molecular weight is 530 g/mol. The van der Waals surface area contributed by atoms with Crippen LogP contribution in [-0.4, -0.2) is 51.7 Å². The zero-order valence-corrected chi connectivity index (χ0v) is 22.8. The zero-order valence-electron chi connectivity index (χ0n) is 22.0. The van der Waals surface area contributed by atoms with Gasteiger partial charge in [-0.15, -0.1) is 0 Å². The number of benzene rings is 2. The van der Waals surface area contributed by atoms with Gasteiger partial charge in [0.1, 0.15) is 21.1 Å². The van der Waals surface area contributed by atoms with Crippen molar-refractivity contribution in [2.45, 2.75) is 13.8 Å². The number of aliphatic imine (C=N–C) groups is 2. The Morgan fingerprint density at radius 3 is 1.68 bits per heavy atom. The molecular formula is C30H31N3O4S. The van der Waals surface area contributed by atoms with Crippen molar-refractivity contribution in [3.05, 3.63) is 89.0 Å². The fourth-order valence-electron chi connectivity index (χ4n) is 3.35. The molecule has 8 heteroatoms. The van der Waals surface area contributed by atoms with Crippen molar-refractivity contribution in [3.63, 3.8) is 0 Å². The smallest absolute Gasteiger partial charge is 0.342 e. The van der Waals surface area contributed by atoms with Crippen LogP contribution in [0.15, 0.2) is 76.7 Å². The highest BCUT2D eigenvalue weighted by Crippen LogP contribution is 2.42. The van der Waals surface area contributed by atoms with Crippen LogP contribution in [0.5, 0.6) is 0 Å². The molecule has 1 aromatic heterocycles. The number of nitrogens with zero attached hydrogens (tertiary/aromatic N) is 3. The van der Waals surface area contributed by atoms with Gasteiger partial charge in [0.25, 0.3) is 0 Å². The lowest BCUT2D eigenvalue weighted by Crippen LogP contribution is -2.12. The summed E-state index contributed by atoms with van der Waals surface area (Å²) >= 11 is 1.12. The molecule has 0 saturated heterocycles. The van der Waals surface area contributed by atoms with Crippen molar-refractivity contribution < 1.29 is 19.1 Å². The van der Waals surface area contributed by atoms with Gasteiger partial charge in [0.15, 0.2) is 0 Å². The van der Waals surface area contributed by atoms with E-state index in [1.54, 1.807) is 38.4 Å². The molecule has 0 bridgehead atoms. The van der Waals surface area contributed by atoms with Crippen molar-refractivity contribution in [2.75, 3.05) is 32.2 Å². The van der Waals surface area contributed by atoms with Crippen molar-refractivity contribution in [1.82, 2.24) is 0 Å². The Hall–Kier alpha value is -4.30. The lowest BCUT2D eigenvalue weighted by atomic mass is 10.1. The van der Waals surface area contributed by atoms with Crippen molar-refractivity contribution in [2.24, 2.45) is 9.98 Å². The molecule has 3 aromatic rings. The molecule has 38 heavy (non-hydrogen) atoms. The lowest BCUT2D eigenvalue weighted by Gasteiger charge is -2.11. The highest BCUT2D eigenvalue weighted by atomic mass is 32.1. The lowest BCUT2D eigenvalue weighted by molar-refractivity contribution is 0.0481. The molecule has 0 amide bonds. The van der Waals surface area contributed by atoms with Gasteiger partial charge >= 0.3 is 11.9 Å². The van der Waals surface area contributed by atoms with E-state index in [4.69, 9.17) is 9.47 Å². The molecule has 0 aliphatic carbocycles. The van der Waals surface area contributed by atoms with E-state index < -0.39 is 11.9 Å². The number of allylic oxidation sites excluding steroid dienone is 2. The van der Waals surface area contributed by atoms with E-state index in [-0.39, 0.29) is 24.3 Å². The van der Waals surface area contributed by atoms with E-state index in [0.29, 0.717) is 10.0 Å². The molecular weight excluding hydrogens is 498 g/mol. The summed E-state index contributed by atoms with van der Waals surface area (Å²) in [5.74, 6) is -1.30. The molecule has 0 aliphatic heterocycles. The molecule has 7 nitrogen and oxygen atoms in total. The van der Waals surface area contributed by atoms with Crippen LogP contribution in [0.3, 0.4) is 0 Å². The van der Waals surface area contributed by atoms with Crippen LogP contribution < -0.4 is 4.90 Å². The number of hydrogen-bond acceptors (Lipinski definition) is 8. The minimum Gasteiger partial charge on any atom is -0.462 e. The molecule has 0 N–H and O–H groups in total. The molecule has 0 radical (unpaired) electrons. The monoisotopic (exact) mass is 529 g/mol. The number of carbonyl (C=O) groups excluding carboxylic acids is 2. The Labute approximate surface area is 227 Å². The van der Waals surface area contributed by atoms with Gasteiger partial charge in [-0.25, -0.2) is 19.6 Å². The fourth-order valence-corrected chi connectivity index (χ4v) is 4.34. The Bertz CT molecular complexity index is 1340. The van der Waals surface area contributed by atoms with Gasteiger partial charge in [0.05, 0.1) is 13.2 Å². The predicted octanol–water partition coefficient (Wildman–Crippen LogP) is 7.00. The number of ether oxygens (including phenoxy) is 2. The topological polar surface area (TPSA) is 80.6 Å². The first-order chi connectivity index (χ1) is 18.4. The minimum atomic E-state index is -0.650. The maximum atomic E-state index is 12.9. The second kappa shape index (κ2) is 14.4. The normalized spacial score (nSPS) is 11.7. The Kier molecular flexibility index (Phi) is 10.7. The summed E-state index contributed by atoms with van der Waals surface area (Å²) in [5.41, 5.74) is 3.22. The average Bonchev–Trinajstić information content (AvgIpc) is 3.28. The third-order valence-electron chi connectivity index (χ3n) is 5.17. The van der Waals surface area contributed by atoms with Gasteiger partial charge in [0.2, 0.25) is 0 Å². The first kappa shape index (κ1) is 28.3. The molecule has 196 valence electrons. The van der Waals surface area contributed by atoms with Crippen LogP contribution in [0, 0.1) is 0 Å². The Morgan fingerprint density at radius 1 is 0.763 bits per heavy atom. The molecule has 0 aliphatic rings. The van der Waals surface area contributed by atoms with Gasteiger partial charge < -0.3 is 14.4 Å². The highest BCUT2D eigenvalue weighted by molar-refractivity contribution is 7.20. The molecule has 0 fully saturated rings. The van der Waals surface area contributed by atoms with Gasteiger partial charge in [-0.3, -0.25) is 0 Å². The summed E-state index contributed by atoms with van der Waals surface area (Å²) in [4.78, 5) is 36.7. The summed E-state index contributed by atoms with van der Waals surface area (Å²) in [6.07, 6.45) is 10.5. The molecule has 0 atom stereocenters. The third kappa shape index (κ3) is 7.85. The van der Waals surface area contributed by atoms with Crippen molar-refractivity contribution in [1.29, 1.82) is 0 Å². The highest BCUT2D eigenvalue weighted by Gasteiger charge is 2.30. The van der Waals surface area contributed by atoms with E-state index in [2.05, 4.69) is 9.98 Å². The van der Waals surface area contributed by atoms with E-state index in [1.165, 1.54) is 0 Å². The van der Waals surface area contributed by atoms with Crippen LogP contribution in [-0.2, 0) is 9.47 Å². The summed E-state index contributed by atoms with van der Waals surface area (Å²) in [5, 5.41) is 0.637. The van der Waals surface area contributed by atoms with Crippen molar-refractivity contribution in [3.8, 4) is 0 Å². The molecule has 2 aromatic carbocycles. The van der Waals surface area contributed by atoms with Crippen LogP contribution in [0.1, 0.15) is 45.7 Å². The van der Waals surface area contributed by atoms with Crippen LogP contribution in [0.25, 0.3) is 12.2 Å². The molecule has 3 rings (SSSR count). The number of carbonyl (C=O) groups is 2. The van der Waals surface area contributed by atoms with Crippen molar-refractivity contribution >= 4 is 63.5 Å². The quantitative estimate of drug-likeness (QED) is 0.197. The van der Waals surface area contributed by atoms with Crippen LogP contribution in [0.2, 0.25) is 0 Å². The first-order valence-corrected chi connectivity index (χ1v) is 13.0. The van der Waals surface area contributed by atoms with Gasteiger partial charge in [0, 0.05) is 32.2 Å². The largest absolute Gasteiger partial charge is 0.462 e. The second-order valence-corrected chi connectivity index (χ2v) is 9.05. The maximum Gasteiger partial charge on any atom is 0.342 e. The number of rotatable bonds is 11.